The Bertz CT molecular complexity index is 907. The van der Waals surface area contributed by atoms with Gasteiger partial charge in [0.2, 0.25) is 10.0 Å². The van der Waals surface area contributed by atoms with Gasteiger partial charge >= 0.3 is 0 Å². The quantitative estimate of drug-likeness (QED) is 0.795. The van der Waals surface area contributed by atoms with Crippen LogP contribution in [0.2, 0.25) is 0 Å². The zero-order valence-corrected chi connectivity index (χ0v) is 16.6. The molecule has 6 nitrogen and oxygen atoms in total. The van der Waals surface area contributed by atoms with Gasteiger partial charge in [0.25, 0.3) is 5.91 Å². The van der Waals surface area contributed by atoms with Gasteiger partial charge in [0.15, 0.2) is 0 Å². The molecule has 0 aromatic heterocycles. The minimum Gasteiger partial charge on any atom is -0.379 e. The number of halogens is 1. The SMILES string of the molecule is Cc1ccc(NC(=O)c2cc(S(=O)(=O)N3CCOCC3)ccc2Br)cc1. The Hall–Kier alpha value is -1.74. The van der Waals surface area contributed by atoms with Gasteiger partial charge in [0, 0.05) is 23.2 Å². The first-order valence-corrected chi connectivity index (χ1v) is 10.4. The predicted octanol–water partition coefficient (Wildman–Crippen LogP) is 3.03. The monoisotopic (exact) mass is 438 g/mol. The molecule has 0 radical (unpaired) electrons. The minimum absolute atomic E-state index is 0.0941. The Morgan fingerprint density at radius 1 is 1.12 bits per heavy atom. The summed E-state index contributed by atoms with van der Waals surface area (Å²) in [7, 11) is -3.66. The number of rotatable bonds is 4. The molecule has 2 aromatic carbocycles. The number of nitrogens with zero attached hydrogens (tertiary/aromatic N) is 1. The maximum Gasteiger partial charge on any atom is 0.256 e. The fraction of sp³-hybridized carbons (Fsp3) is 0.278. The number of morpholine rings is 1. The molecule has 1 aliphatic rings. The minimum atomic E-state index is -3.66. The number of benzene rings is 2. The summed E-state index contributed by atoms with van der Waals surface area (Å²) in [4.78, 5) is 12.7. The van der Waals surface area contributed by atoms with Gasteiger partial charge in [-0.3, -0.25) is 4.79 Å². The highest BCUT2D eigenvalue weighted by Crippen LogP contribution is 2.25. The lowest BCUT2D eigenvalue weighted by Crippen LogP contribution is -2.40. The lowest BCUT2D eigenvalue weighted by atomic mass is 10.2. The van der Waals surface area contributed by atoms with Gasteiger partial charge in [-0.05, 0) is 53.2 Å². The molecule has 1 heterocycles. The summed E-state index contributed by atoms with van der Waals surface area (Å²) in [5, 5.41) is 2.79. The molecule has 8 heteroatoms. The van der Waals surface area contributed by atoms with Gasteiger partial charge < -0.3 is 10.1 Å². The van der Waals surface area contributed by atoms with E-state index >= 15 is 0 Å². The Morgan fingerprint density at radius 2 is 1.77 bits per heavy atom. The number of amides is 1. The van der Waals surface area contributed by atoms with Crippen LogP contribution in [0, 0.1) is 6.92 Å². The smallest absolute Gasteiger partial charge is 0.256 e. The van der Waals surface area contributed by atoms with Crippen LogP contribution in [0.1, 0.15) is 15.9 Å². The van der Waals surface area contributed by atoms with E-state index in [2.05, 4.69) is 21.2 Å². The molecular formula is C18H19BrN2O4S. The van der Waals surface area contributed by atoms with Gasteiger partial charge in [-0.1, -0.05) is 17.7 Å². The molecule has 0 unspecified atom stereocenters. The van der Waals surface area contributed by atoms with Crippen LogP contribution in [-0.4, -0.2) is 44.9 Å². The zero-order valence-electron chi connectivity index (χ0n) is 14.2. The first kappa shape index (κ1) is 19.0. The number of carbonyl (C=O) groups is 1. The molecule has 0 atom stereocenters. The number of anilines is 1. The summed E-state index contributed by atoms with van der Waals surface area (Å²) in [6.45, 7) is 3.32. The van der Waals surface area contributed by atoms with E-state index in [9.17, 15) is 13.2 Å². The van der Waals surface area contributed by atoms with Crippen molar-refractivity contribution in [2.45, 2.75) is 11.8 Å². The molecule has 1 amide bonds. The molecule has 3 rings (SSSR count). The first-order chi connectivity index (χ1) is 12.4. The number of aryl methyl sites for hydroxylation is 1. The van der Waals surface area contributed by atoms with E-state index < -0.39 is 10.0 Å². The van der Waals surface area contributed by atoms with Crippen LogP contribution in [0.25, 0.3) is 0 Å². The normalized spacial score (nSPS) is 15.6. The molecule has 138 valence electrons. The Balaban J connectivity index is 1.87. The van der Waals surface area contributed by atoms with Crippen LogP contribution in [0.3, 0.4) is 0 Å². The summed E-state index contributed by atoms with van der Waals surface area (Å²) in [5.74, 6) is -0.375. The van der Waals surface area contributed by atoms with Crippen molar-refractivity contribution in [3.8, 4) is 0 Å². The van der Waals surface area contributed by atoms with Gasteiger partial charge in [-0.15, -0.1) is 0 Å². The van der Waals surface area contributed by atoms with Crippen LogP contribution in [0.4, 0.5) is 5.69 Å². The van der Waals surface area contributed by atoms with Crippen LogP contribution < -0.4 is 5.32 Å². The predicted molar refractivity (Wildman–Crippen MR) is 103 cm³/mol. The highest BCUT2D eigenvalue weighted by Gasteiger charge is 2.27. The van der Waals surface area contributed by atoms with Crippen molar-refractivity contribution >= 4 is 37.5 Å². The second-order valence-electron chi connectivity index (χ2n) is 5.98. The second-order valence-corrected chi connectivity index (χ2v) is 8.77. The van der Waals surface area contributed by atoms with E-state index in [0.29, 0.717) is 36.5 Å². The van der Waals surface area contributed by atoms with Crippen molar-refractivity contribution in [3.05, 3.63) is 58.1 Å². The van der Waals surface area contributed by atoms with Crippen LogP contribution in [0.15, 0.2) is 51.8 Å². The van der Waals surface area contributed by atoms with Gasteiger partial charge in [0.05, 0.1) is 23.7 Å². The molecule has 0 aliphatic carbocycles. The van der Waals surface area contributed by atoms with Crippen LogP contribution in [-0.2, 0) is 14.8 Å². The number of carbonyl (C=O) groups excluding carboxylic acids is 1. The van der Waals surface area contributed by atoms with Gasteiger partial charge in [-0.25, -0.2) is 8.42 Å². The van der Waals surface area contributed by atoms with Gasteiger partial charge in [0.1, 0.15) is 0 Å². The van der Waals surface area contributed by atoms with E-state index in [1.54, 1.807) is 18.2 Å². The molecule has 2 aromatic rings. The van der Waals surface area contributed by atoms with E-state index in [-0.39, 0.29) is 16.4 Å². The molecule has 1 fully saturated rings. The first-order valence-electron chi connectivity index (χ1n) is 8.13. The van der Waals surface area contributed by atoms with Crippen molar-refractivity contribution in [1.29, 1.82) is 0 Å². The van der Waals surface area contributed by atoms with E-state index in [1.807, 2.05) is 19.1 Å². The van der Waals surface area contributed by atoms with Gasteiger partial charge in [-0.2, -0.15) is 4.31 Å². The number of hydrogen-bond donors (Lipinski definition) is 1. The molecule has 0 bridgehead atoms. The Labute approximate surface area is 161 Å². The Kier molecular flexibility index (Phi) is 5.76. The molecule has 26 heavy (non-hydrogen) atoms. The topological polar surface area (TPSA) is 75.7 Å². The highest BCUT2D eigenvalue weighted by atomic mass is 79.9. The van der Waals surface area contributed by atoms with Crippen molar-refractivity contribution in [2.75, 3.05) is 31.6 Å². The molecule has 1 N–H and O–H groups in total. The average molecular weight is 439 g/mol. The third-order valence-corrected chi connectivity index (χ3v) is 6.69. The second kappa shape index (κ2) is 7.87. The molecule has 1 aliphatic heterocycles. The molecular weight excluding hydrogens is 420 g/mol. The molecule has 0 saturated carbocycles. The lowest BCUT2D eigenvalue weighted by Gasteiger charge is -2.26. The van der Waals surface area contributed by atoms with Crippen molar-refractivity contribution in [3.63, 3.8) is 0 Å². The standard InChI is InChI=1S/C18H19BrN2O4S/c1-13-2-4-14(5-3-13)20-18(22)16-12-15(6-7-17(16)19)26(23,24)21-8-10-25-11-9-21/h2-7,12H,8-11H2,1H3,(H,20,22). The largest absolute Gasteiger partial charge is 0.379 e. The molecule has 0 spiro atoms. The number of sulfonamides is 1. The summed E-state index contributed by atoms with van der Waals surface area (Å²) < 4.78 is 32.7. The fourth-order valence-corrected chi connectivity index (χ4v) is 4.47. The lowest BCUT2D eigenvalue weighted by molar-refractivity contribution is 0.0730. The summed E-state index contributed by atoms with van der Waals surface area (Å²) >= 11 is 3.33. The third kappa shape index (κ3) is 4.15. The summed E-state index contributed by atoms with van der Waals surface area (Å²) in [6, 6.07) is 11.9. The number of nitrogens with one attached hydrogen (secondary N) is 1. The summed E-state index contributed by atoms with van der Waals surface area (Å²) in [5.41, 5.74) is 2.00. The van der Waals surface area contributed by atoms with Crippen molar-refractivity contribution in [2.24, 2.45) is 0 Å². The van der Waals surface area contributed by atoms with Crippen molar-refractivity contribution in [1.82, 2.24) is 4.31 Å². The fourth-order valence-electron chi connectivity index (χ4n) is 2.61. The number of hydrogen-bond acceptors (Lipinski definition) is 4. The van der Waals surface area contributed by atoms with Crippen molar-refractivity contribution < 1.29 is 17.9 Å². The average Bonchev–Trinajstić information content (AvgIpc) is 2.64. The maximum absolute atomic E-state index is 12.8. The number of ether oxygens (including phenoxy) is 1. The van der Waals surface area contributed by atoms with Crippen LogP contribution in [0.5, 0.6) is 0 Å². The summed E-state index contributed by atoms with van der Waals surface area (Å²) in [6.07, 6.45) is 0. The third-order valence-electron chi connectivity index (χ3n) is 4.10. The molecule has 1 saturated heterocycles. The van der Waals surface area contributed by atoms with E-state index in [4.69, 9.17) is 4.74 Å². The van der Waals surface area contributed by atoms with Crippen LogP contribution >= 0.6 is 15.9 Å². The zero-order chi connectivity index (χ0) is 18.7. The van der Waals surface area contributed by atoms with E-state index in [1.165, 1.54) is 16.4 Å². The highest BCUT2D eigenvalue weighted by molar-refractivity contribution is 9.10. The Morgan fingerprint density at radius 3 is 2.42 bits per heavy atom. The maximum atomic E-state index is 12.8. The van der Waals surface area contributed by atoms with E-state index in [0.717, 1.165) is 5.56 Å².